The number of ether oxygens (including phenoxy) is 2. The minimum atomic E-state index is 0.101. The zero-order valence-electron chi connectivity index (χ0n) is 11.3. The first-order chi connectivity index (χ1) is 8.69. The van der Waals surface area contributed by atoms with Gasteiger partial charge in [-0.05, 0) is 20.3 Å². The van der Waals surface area contributed by atoms with Crippen LogP contribution in [0.5, 0.6) is 5.88 Å². The summed E-state index contributed by atoms with van der Waals surface area (Å²) in [6.07, 6.45) is 2.45. The van der Waals surface area contributed by atoms with E-state index in [4.69, 9.17) is 15.2 Å². The molecule has 18 heavy (non-hydrogen) atoms. The topological polar surface area (TPSA) is 82.3 Å². The highest BCUT2D eigenvalue weighted by Crippen LogP contribution is 2.24. The molecule has 6 heteroatoms. The first kappa shape index (κ1) is 14.5. The predicted octanol–water partition coefficient (Wildman–Crippen LogP) is 1.68. The van der Waals surface area contributed by atoms with Crippen molar-refractivity contribution in [3.05, 3.63) is 6.33 Å². The van der Waals surface area contributed by atoms with Gasteiger partial charge in [-0.1, -0.05) is 6.92 Å². The number of hydrogen-bond donors (Lipinski definition) is 2. The third-order valence-electron chi connectivity index (χ3n) is 2.30. The Kier molecular flexibility index (Phi) is 6.21. The standard InChI is InChI=1S/C12H22N4O2/c1-4-6-18-12-10(13)11(15-8-16-12)14-7-9(3)17-5-2/h8-9H,4-7,13H2,1-3H3,(H,14,15,16). The van der Waals surface area contributed by atoms with E-state index in [9.17, 15) is 0 Å². The molecule has 1 aromatic heterocycles. The molecule has 1 unspecified atom stereocenters. The van der Waals surface area contributed by atoms with Crippen molar-refractivity contribution in [2.45, 2.75) is 33.3 Å². The van der Waals surface area contributed by atoms with Gasteiger partial charge in [-0.3, -0.25) is 0 Å². The SMILES string of the molecule is CCCOc1ncnc(NCC(C)OCC)c1N. The lowest BCUT2D eigenvalue weighted by molar-refractivity contribution is 0.0855. The molecule has 1 aromatic rings. The number of nitrogen functional groups attached to an aromatic ring is 1. The molecular formula is C12H22N4O2. The Hall–Kier alpha value is -1.56. The second-order valence-electron chi connectivity index (χ2n) is 3.94. The molecule has 0 saturated heterocycles. The van der Waals surface area contributed by atoms with E-state index in [1.165, 1.54) is 6.33 Å². The first-order valence-electron chi connectivity index (χ1n) is 6.27. The van der Waals surface area contributed by atoms with Crippen LogP contribution in [0.25, 0.3) is 0 Å². The Bertz CT molecular complexity index is 360. The number of rotatable bonds is 8. The average Bonchev–Trinajstić information content (AvgIpc) is 2.36. The smallest absolute Gasteiger partial charge is 0.242 e. The number of nitrogens with one attached hydrogen (secondary N) is 1. The summed E-state index contributed by atoms with van der Waals surface area (Å²) in [5.74, 6) is 1.01. The van der Waals surface area contributed by atoms with Crippen molar-refractivity contribution in [2.24, 2.45) is 0 Å². The zero-order chi connectivity index (χ0) is 13.4. The largest absolute Gasteiger partial charge is 0.476 e. The fraction of sp³-hybridized carbons (Fsp3) is 0.667. The summed E-state index contributed by atoms with van der Waals surface area (Å²) in [4.78, 5) is 8.11. The molecule has 1 atom stereocenters. The van der Waals surface area contributed by atoms with Gasteiger partial charge in [-0.15, -0.1) is 0 Å². The average molecular weight is 254 g/mol. The van der Waals surface area contributed by atoms with Crippen molar-refractivity contribution >= 4 is 11.5 Å². The summed E-state index contributed by atoms with van der Waals surface area (Å²) in [7, 11) is 0. The summed E-state index contributed by atoms with van der Waals surface area (Å²) < 4.78 is 10.9. The number of aromatic nitrogens is 2. The van der Waals surface area contributed by atoms with E-state index in [1.54, 1.807) is 0 Å². The van der Waals surface area contributed by atoms with E-state index in [0.29, 0.717) is 37.1 Å². The molecule has 102 valence electrons. The molecule has 6 nitrogen and oxygen atoms in total. The summed E-state index contributed by atoms with van der Waals surface area (Å²) in [6, 6.07) is 0. The van der Waals surface area contributed by atoms with E-state index in [1.807, 2.05) is 20.8 Å². The molecule has 1 rings (SSSR count). The monoisotopic (exact) mass is 254 g/mol. The van der Waals surface area contributed by atoms with Crippen LogP contribution in [-0.2, 0) is 4.74 Å². The Balaban J connectivity index is 2.60. The lowest BCUT2D eigenvalue weighted by Crippen LogP contribution is -2.21. The third kappa shape index (κ3) is 4.37. The van der Waals surface area contributed by atoms with Gasteiger partial charge < -0.3 is 20.5 Å². The van der Waals surface area contributed by atoms with Gasteiger partial charge in [0.15, 0.2) is 5.82 Å². The molecule has 0 amide bonds. The van der Waals surface area contributed by atoms with Crippen LogP contribution in [0.3, 0.4) is 0 Å². The third-order valence-corrected chi connectivity index (χ3v) is 2.30. The van der Waals surface area contributed by atoms with Crippen LogP contribution >= 0.6 is 0 Å². The molecular weight excluding hydrogens is 232 g/mol. The van der Waals surface area contributed by atoms with Crippen molar-refractivity contribution in [1.29, 1.82) is 0 Å². The van der Waals surface area contributed by atoms with Crippen molar-refractivity contribution in [1.82, 2.24) is 9.97 Å². The Morgan fingerprint density at radius 3 is 2.83 bits per heavy atom. The van der Waals surface area contributed by atoms with Gasteiger partial charge in [0.25, 0.3) is 0 Å². The minimum absolute atomic E-state index is 0.101. The number of nitrogens with two attached hydrogens (primary N) is 1. The van der Waals surface area contributed by atoms with Gasteiger partial charge in [0.2, 0.25) is 5.88 Å². The lowest BCUT2D eigenvalue weighted by atomic mass is 10.3. The summed E-state index contributed by atoms with van der Waals surface area (Å²) in [6.45, 7) is 7.90. The molecule has 0 spiro atoms. The Morgan fingerprint density at radius 2 is 2.17 bits per heavy atom. The van der Waals surface area contributed by atoms with Crippen molar-refractivity contribution in [3.63, 3.8) is 0 Å². The number of hydrogen-bond acceptors (Lipinski definition) is 6. The molecule has 3 N–H and O–H groups in total. The van der Waals surface area contributed by atoms with Crippen LogP contribution in [0.4, 0.5) is 11.5 Å². The molecule has 0 aliphatic rings. The molecule has 1 heterocycles. The van der Waals surface area contributed by atoms with Gasteiger partial charge in [-0.2, -0.15) is 4.98 Å². The summed E-state index contributed by atoms with van der Waals surface area (Å²) in [5.41, 5.74) is 6.37. The van der Waals surface area contributed by atoms with E-state index in [-0.39, 0.29) is 6.10 Å². The first-order valence-corrected chi connectivity index (χ1v) is 6.27. The van der Waals surface area contributed by atoms with E-state index < -0.39 is 0 Å². The second-order valence-corrected chi connectivity index (χ2v) is 3.94. The van der Waals surface area contributed by atoms with Crippen LogP contribution < -0.4 is 15.8 Å². The maximum absolute atomic E-state index is 5.93. The fourth-order valence-corrected chi connectivity index (χ4v) is 1.42. The minimum Gasteiger partial charge on any atom is -0.476 e. The van der Waals surface area contributed by atoms with Crippen LogP contribution in [0.15, 0.2) is 6.33 Å². The van der Waals surface area contributed by atoms with Crippen molar-refractivity contribution in [3.8, 4) is 5.88 Å². The summed E-state index contributed by atoms with van der Waals surface area (Å²) >= 11 is 0. The van der Waals surface area contributed by atoms with Crippen LogP contribution in [-0.4, -0.2) is 35.8 Å². The zero-order valence-corrected chi connectivity index (χ0v) is 11.3. The van der Waals surface area contributed by atoms with E-state index in [0.717, 1.165) is 6.42 Å². The predicted molar refractivity (Wildman–Crippen MR) is 71.8 cm³/mol. The maximum Gasteiger partial charge on any atom is 0.242 e. The molecule has 0 saturated carbocycles. The van der Waals surface area contributed by atoms with Gasteiger partial charge >= 0.3 is 0 Å². The van der Waals surface area contributed by atoms with Crippen LogP contribution in [0.2, 0.25) is 0 Å². The maximum atomic E-state index is 5.93. The quantitative estimate of drug-likeness (QED) is 0.734. The highest BCUT2D eigenvalue weighted by atomic mass is 16.5. The fourth-order valence-electron chi connectivity index (χ4n) is 1.42. The molecule has 0 radical (unpaired) electrons. The summed E-state index contributed by atoms with van der Waals surface area (Å²) in [5, 5.41) is 3.13. The van der Waals surface area contributed by atoms with Gasteiger partial charge in [0.1, 0.15) is 12.0 Å². The van der Waals surface area contributed by atoms with Crippen molar-refractivity contribution in [2.75, 3.05) is 30.8 Å². The highest BCUT2D eigenvalue weighted by molar-refractivity contribution is 5.66. The molecule has 0 aliphatic carbocycles. The molecule has 0 aliphatic heterocycles. The number of anilines is 2. The Labute approximate surface area is 108 Å². The number of nitrogens with zero attached hydrogens (tertiary/aromatic N) is 2. The molecule has 0 fully saturated rings. The highest BCUT2D eigenvalue weighted by Gasteiger charge is 2.10. The van der Waals surface area contributed by atoms with Crippen LogP contribution in [0.1, 0.15) is 27.2 Å². The second kappa shape index (κ2) is 7.71. The van der Waals surface area contributed by atoms with Gasteiger partial charge in [-0.25, -0.2) is 4.98 Å². The van der Waals surface area contributed by atoms with Gasteiger partial charge in [0, 0.05) is 13.2 Å². The molecule has 0 bridgehead atoms. The van der Waals surface area contributed by atoms with Crippen molar-refractivity contribution < 1.29 is 9.47 Å². The van der Waals surface area contributed by atoms with E-state index in [2.05, 4.69) is 15.3 Å². The van der Waals surface area contributed by atoms with Gasteiger partial charge in [0.05, 0.1) is 12.7 Å². The van der Waals surface area contributed by atoms with Crippen LogP contribution in [0, 0.1) is 0 Å². The lowest BCUT2D eigenvalue weighted by Gasteiger charge is -2.15. The Morgan fingerprint density at radius 1 is 1.39 bits per heavy atom. The van der Waals surface area contributed by atoms with E-state index >= 15 is 0 Å². The molecule has 0 aromatic carbocycles. The normalized spacial score (nSPS) is 12.2.